The van der Waals surface area contributed by atoms with E-state index in [1.165, 1.54) is 6.08 Å². The number of carbonyl (C=O) groups is 2. The van der Waals surface area contributed by atoms with Crippen LogP contribution in [0.2, 0.25) is 0 Å². The van der Waals surface area contributed by atoms with Crippen LogP contribution in [0, 0.1) is 0 Å². The van der Waals surface area contributed by atoms with Crippen molar-refractivity contribution in [2.75, 3.05) is 6.54 Å². The molecule has 0 saturated heterocycles. The zero-order chi connectivity index (χ0) is 17.2. The molecule has 1 N–H and O–H groups in total. The Bertz CT molecular complexity index is 523. The number of unbranched alkanes of at least 4 members (excludes halogenated alkanes) is 1. The monoisotopic (exact) mass is 316 g/mol. The van der Waals surface area contributed by atoms with Gasteiger partial charge in [0.2, 0.25) is 5.91 Å². The van der Waals surface area contributed by atoms with Gasteiger partial charge in [0.1, 0.15) is 0 Å². The number of hydrogen-bond donors (Lipinski definition) is 1. The lowest BCUT2D eigenvalue weighted by atomic mass is 10.1. The summed E-state index contributed by atoms with van der Waals surface area (Å²) in [5.41, 5.74) is 1.65. The summed E-state index contributed by atoms with van der Waals surface area (Å²) in [6, 6.07) is 7.66. The van der Waals surface area contributed by atoms with Crippen LogP contribution in [0.4, 0.5) is 0 Å². The summed E-state index contributed by atoms with van der Waals surface area (Å²) >= 11 is 0. The van der Waals surface area contributed by atoms with E-state index in [2.05, 4.69) is 32.7 Å². The normalized spacial score (nSPS) is 11.6. The topological polar surface area (TPSA) is 49.4 Å². The molecule has 1 rings (SSSR count). The molecule has 0 aliphatic carbocycles. The van der Waals surface area contributed by atoms with E-state index >= 15 is 0 Å². The maximum absolute atomic E-state index is 12.7. The Morgan fingerprint density at radius 2 is 1.91 bits per heavy atom. The van der Waals surface area contributed by atoms with E-state index in [0.717, 1.165) is 31.4 Å². The van der Waals surface area contributed by atoms with Gasteiger partial charge in [-0.25, -0.2) is 0 Å². The van der Waals surface area contributed by atoms with E-state index < -0.39 is 0 Å². The van der Waals surface area contributed by atoms with Gasteiger partial charge in [-0.05, 0) is 43.5 Å². The minimum atomic E-state index is -0.201. The highest BCUT2D eigenvalue weighted by atomic mass is 16.2. The number of hydrogen-bond acceptors (Lipinski definition) is 2. The van der Waals surface area contributed by atoms with Gasteiger partial charge in [0.05, 0.1) is 0 Å². The van der Waals surface area contributed by atoms with Crippen LogP contribution >= 0.6 is 0 Å². The first-order valence-corrected chi connectivity index (χ1v) is 8.33. The van der Waals surface area contributed by atoms with Gasteiger partial charge in [0.15, 0.2) is 0 Å². The quantitative estimate of drug-likeness (QED) is 0.709. The van der Waals surface area contributed by atoms with Crippen molar-refractivity contribution in [1.29, 1.82) is 0 Å². The SMILES string of the molecule is C=CC(=O)NCc1ccc(C(=O)N(CCCC)C(C)CC)cc1. The van der Waals surface area contributed by atoms with Gasteiger partial charge in [-0.1, -0.05) is 39.0 Å². The average molecular weight is 316 g/mol. The second-order valence-corrected chi connectivity index (χ2v) is 5.73. The van der Waals surface area contributed by atoms with Gasteiger partial charge in [-0.15, -0.1) is 0 Å². The fraction of sp³-hybridized carbons (Fsp3) is 0.474. The number of benzene rings is 1. The molecule has 0 aliphatic heterocycles. The van der Waals surface area contributed by atoms with E-state index in [1.54, 1.807) is 0 Å². The molecule has 0 heterocycles. The lowest BCUT2D eigenvalue weighted by Gasteiger charge is -2.28. The smallest absolute Gasteiger partial charge is 0.254 e. The first-order chi connectivity index (χ1) is 11.0. The van der Waals surface area contributed by atoms with Crippen molar-refractivity contribution in [1.82, 2.24) is 10.2 Å². The summed E-state index contributed by atoms with van der Waals surface area (Å²) in [7, 11) is 0. The maximum Gasteiger partial charge on any atom is 0.254 e. The number of nitrogens with zero attached hydrogens (tertiary/aromatic N) is 1. The third kappa shape index (κ3) is 5.89. The first kappa shape index (κ1) is 18.9. The van der Waals surface area contributed by atoms with Crippen molar-refractivity contribution in [3.8, 4) is 0 Å². The number of nitrogens with one attached hydrogen (secondary N) is 1. The minimum Gasteiger partial charge on any atom is -0.348 e. The van der Waals surface area contributed by atoms with Crippen LogP contribution in [0.5, 0.6) is 0 Å². The summed E-state index contributed by atoms with van der Waals surface area (Å²) in [6.45, 7) is 11.0. The Hall–Kier alpha value is -2.10. The molecule has 2 amide bonds. The molecule has 0 bridgehead atoms. The predicted octanol–water partition coefficient (Wildman–Crippen LogP) is 3.53. The molecule has 4 nitrogen and oxygen atoms in total. The molecule has 0 radical (unpaired) electrons. The molecule has 0 aliphatic rings. The highest BCUT2D eigenvalue weighted by Gasteiger charge is 2.19. The predicted molar refractivity (Wildman–Crippen MR) is 94.2 cm³/mol. The molecule has 126 valence electrons. The second-order valence-electron chi connectivity index (χ2n) is 5.73. The summed E-state index contributed by atoms with van der Waals surface area (Å²) in [4.78, 5) is 25.8. The molecule has 23 heavy (non-hydrogen) atoms. The molecule has 1 aromatic rings. The largest absolute Gasteiger partial charge is 0.348 e. The van der Waals surface area contributed by atoms with Crippen molar-refractivity contribution < 1.29 is 9.59 Å². The van der Waals surface area contributed by atoms with Crippen LogP contribution in [0.3, 0.4) is 0 Å². The Balaban J connectivity index is 2.77. The van der Waals surface area contributed by atoms with Crippen molar-refractivity contribution in [2.45, 2.75) is 52.6 Å². The van der Waals surface area contributed by atoms with Crippen molar-refractivity contribution >= 4 is 11.8 Å². The van der Waals surface area contributed by atoms with Gasteiger partial charge >= 0.3 is 0 Å². The molecule has 0 fully saturated rings. The summed E-state index contributed by atoms with van der Waals surface area (Å²) in [5, 5.41) is 2.72. The van der Waals surface area contributed by atoms with Gasteiger partial charge in [-0.2, -0.15) is 0 Å². The fourth-order valence-corrected chi connectivity index (χ4v) is 2.26. The van der Waals surface area contributed by atoms with Crippen LogP contribution in [-0.2, 0) is 11.3 Å². The fourth-order valence-electron chi connectivity index (χ4n) is 2.26. The van der Waals surface area contributed by atoms with Crippen LogP contribution < -0.4 is 5.32 Å². The molecular weight excluding hydrogens is 288 g/mol. The van der Waals surface area contributed by atoms with Crippen LogP contribution in [0.15, 0.2) is 36.9 Å². The zero-order valence-electron chi connectivity index (χ0n) is 14.5. The number of amides is 2. The lowest BCUT2D eigenvalue weighted by molar-refractivity contribution is -0.116. The van der Waals surface area contributed by atoms with Crippen LogP contribution in [-0.4, -0.2) is 29.3 Å². The number of carbonyl (C=O) groups excluding carboxylic acids is 2. The van der Waals surface area contributed by atoms with Gasteiger partial charge < -0.3 is 10.2 Å². The molecular formula is C19H28N2O2. The summed E-state index contributed by atoms with van der Waals surface area (Å²) in [5.74, 6) is -0.123. The van der Waals surface area contributed by atoms with E-state index in [1.807, 2.05) is 29.2 Å². The maximum atomic E-state index is 12.7. The molecule has 1 atom stereocenters. The Kier molecular flexibility index (Phi) is 8.09. The first-order valence-electron chi connectivity index (χ1n) is 8.33. The summed E-state index contributed by atoms with van der Waals surface area (Å²) < 4.78 is 0. The third-order valence-electron chi connectivity index (χ3n) is 3.99. The zero-order valence-corrected chi connectivity index (χ0v) is 14.5. The van der Waals surface area contributed by atoms with Gasteiger partial charge in [0.25, 0.3) is 5.91 Å². The Labute approximate surface area is 139 Å². The Morgan fingerprint density at radius 1 is 1.26 bits per heavy atom. The Morgan fingerprint density at radius 3 is 2.43 bits per heavy atom. The third-order valence-corrected chi connectivity index (χ3v) is 3.99. The van der Waals surface area contributed by atoms with Crippen molar-refractivity contribution in [2.24, 2.45) is 0 Å². The van der Waals surface area contributed by atoms with Gasteiger partial charge in [-0.3, -0.25) is 9.59 Å². The second kappa shape index (κ2) is 9.82. The molecule has 0 spiro atoms. The van der Waals surface area contributed by atoms with E-state index in [-0.39, 0.29) is 17.9 Å². The molecule has 1 unspecified atom stereocenters. The number of rotatable bonds is 9. The van der Waals surface area contributed by atoms with E-state index in [9.17, 15) is 9.59 Å². The minimum absolute atomic E-state index is 0.0782. The highest BCUT2D eigenvalue weighted by Crippen LogP contribution is 2.13. The van der Waals surface area contributed by atoms with Crippen molar-refractivity contribution in [3.63, 3.8) is 0 Å². The van der Waals surface area contributed by atoms with E-state index in [0.29, 0.717) is 12.1 Å². The highest BCUT2D eigenvalue weighted by molar-refractivity contribution is 5.94. The standard InChI is InChI=1S/C19H28N2O2/c1-5-8-13-21(15(4)6-2)19(23)17-11-9-16(10-12-17)14-20-18(22)7-3/h7,9-12,15H,3,5-6,8,13-14H2,1-2,4H3,(H,20,22). The van der Waals surface area contributed by atoms with Crippen LogP contribution in [0.1, 0.15) is 56.0 Å². The molecule has 4 heteroatoms. The van der Waals surface area contributed by atoms with Crippen LogP contribution in [0.25, 0.3) is 0 Å². The molecule has 0 aromatic heterocycles. The van der Waals surface area contributed by atoms with Gasteiger partial charge in [0, 0.05) is 24.7 Å². The summed E-state index contributed by atoms with van der Waals surface area (Å²) in [6.07, 6.45) is 4.28. The lowest BCUT2D eigenvalue weighted by Crippen LogP contribution is -2.39. The molecule has 0 saturated carbocycles. The molecule has 1 aromatic carbocycles. The van der Waals surface area contributed by atoms with Crippen molar-refractivity contribution in [3.05, 3.63) is 48.0 Å². The van der Waals surface area contributed by atoms with E-state index in [4.69, 9.17) is 0 Å². The average Bonchev–Trinajstić information content (AvgIpc) is 2.59.